The van der Waals surface area contributed by atoms with Crippen LogP contribution in [-0.4, -0.2) is 24.9 Å². The Bertz CT molecular complexity index is 539. The van der Waals surface area contributed by atoms with Gasteiger partial charge in [0.05, 0.1) is 23.4 Å². The maximum absolute atomic E-state index is 13.0. The van der Waals surface area contributed by atoms with E-state index < -0.39 is 30.1 Å². The minimum absolute atomic E-state index is 0.260. The number of hydrogen-bond donors (Lipinski definition) is 0. The standard InChI is InChI=1S/C15H20BF3O3/c1-6-20-12-8-7-10(15(17,18)19)9-11(12)16-21-13(2,3)14(4,5)22-16/h7-9H,6H2,1-5H3. The fraction of sp³-hybridized carbons (Fsp3) is 0.600. The highest BCUT2D eigenvalue weighted by Crippen LogP contribution is 2.38. The minimum atomic E-state index is -4.43. The van der Waals surface area contributed by atoms with E-state index in [4.69, 9.17) is 14.0 Å². The molecule has 1 aromatic rings. The van der Waals surface area contributed by atoms with Gasteiger partial charge in [-0.3, -0.25) is 0 Å². The molecule has 0 aromatic heterocycles. The molecule has 1 aliphatic rings. The first kappa shape index (κ1) is 17.2. The normalized spacial score (nSPS) is 20.3. The summed E-state index contributed by atoms with van der Waals surface area (Å²) in [6.07, 6.45) is -4.43. The summed E-state index contributed by atoms with van der Waals surface area (Å²) < 4.78 is 56.0. The van der Waals surface area contributed by atoms with Crippen LogP contribution in [0.1, 0.15) is 40.2 Å². The van der Waals surface area contributed by atoms with E-state index in [0.29, 0.717) is 12.4 Å². The summed E-state index contributed by atoms with van der Waals surface area (Å²) in [5.41, 5.74) is -1.75. The monoisotopic (exact) mass is 316 g/mol. The second-order valence-electron chi connectivity index (χ2n) is 6.27. The molecule has 1 saturated heterocycles. The molecule has 0 saturated carbocycles. The van der Waals surface area contributed by atoms with Gasteiger partial charge in [-0.15, -0.1) is 0 Å². The van der Waals surface area contributed by atoms with Crippen molar-refractivity contribution in [1.29, 1.82) is 0 Å². The van der Waals surface area contributed by atoms with Gasteiger partial charge in [-0.2, -0.15) is 13.2 Å². The van der Waals surface area contributed by atoms with Crippen molar-refractivity contribution in [3.63, 3.8) is 0 Å². The first-order valence-electron chi connectivity index (χ1n) is 7.17. The maximum Gasteiger partial charge on any atom is 0.498 e. The average Bonchev–Trinajstić information content (AvgIpc) is 2.57. The zero-order valence-electron chi connectivity index (χ0n) is 13.4. The zero-order chi connectivity index (χ0) is 16.8. The number of benzene rings is 1. The number of rotatable bonds is 3. The molecule has 0 unspecified atom stereocenters. The molecular weight excluding hydrogens is 296 g/mol. The second kappa shape index (κ2) is 5.46. The molecule has 0 N–H and O–H groups in total. The largest absolute Gasteiger partial charge is 0.498 e. The maximum atomic E-state index is 13.0. The highest BCUT2D eigenvalue weighted by molar-refractivity contribution is 6.63. The molecule has 0 aliphatic carbocycles. The van der Waals surface area contributed by atoms with Crippen molar-refractivity contribution in [1.82, 2.24) is 0 Å². The van der Waals surface area contributed by atoms with Crippen molar-refractivity contribution in [3.05, 3.63) is 23.8 Å². The molecule has 122 valence electrons. The predicted molar refractivity (Wildman–Crippen MR) is 78.3 cm³/mol. The smallest absolute Gasteiger partial charge is 0.494 e. The lowest BCUT2D eigenvalue weighted by molar-refractivity contribution is -0.137. The van der Waals surface area contributed by atoms with Crippen LogP contribution in [0.3, 0.4) is 0 Å². The number of hydrogen-bond acceptors (Lipinski definition) is 3. The zero-order valence-corrected chi connectivity index (χ0v) is 13.4. The lowest BCUT2D eigenvalue weighted by Gasteiger charge is -2.32. The summed E-state index contributed by atoms with van der Waals surface area (Å²) in [5, 5.41) is 0. The highest BCUT2D eigenvalue weighted by atomic mass is 19.4. The molecule has 0 radical (unpaired) electrons. The third-order valence-corrected chi connectivity index (χ3v) is 4.14. The lowest BCUT2D eigenvalue weighted by atomic mass is 9.77. The van der Waals surface area contributed by atoms with Crippen molar-refractivity contribution in [2.75, 3.05) is 6.61 Å². The van der Waals surface area contributed by atoms with Crippen LogP contribution in [0.5, 0.6) is 5.75 Å². The van der Waals surface area contributed by atoms with Crippen LogP contribution in [0, 0.1) is 0 Å². The van der Waals surface area contributed by atoms with Crippen LogP contribution >= 0.6 is 0 Å². The van der Waals surface area contributed by atoms with E-state index in [0.717, 1.165) is 12.1 Å². The Balaban J connectivity index is 2.44. The Hall–Kier alpha value is -1.21. The second-order valence-corrected chi connectivity index (χ2v) is 6.27. The molecule has 1 fully saturated rings. The third kappa shape index (κ3) is 3.10. The molecule has 0 atom stereocenters. The van der Waals surface area contributed by atoms with Gasteiger partial charge in [0.25, 0.3) is 0 Å². The number of alkyl halides is 3. The number of halogens is 3. The van der Waals surface area contributed by atoms with Crippen LogP contribution in [-0.2, 0) is 15.5 Å². The first-order chi connectivity index (χ1) is 9.98. The summed E-state index contributed by atoms with van der Waals surface area (Å²) >= 11 is 0. The van der Waals surface area contributed by atoms with E-state index in [1.54, 1.807) is 6.92 Å². The highest BCUT2D eigenvalue weighted by Gasteiger charge is 2.52. The van der Waals surface area contributed by atoms with Crippen LogP contribution in [0.2, 0.25) is 0 Å². The quantitative estimate of drug-likeness (QED) is 0.800. The molecule has 3 nitrogen and oxygen atoms in total. The fourth-order valence-corrected chi connectivity index (χ4v) is 2.17. The van der Waals surface area contributed by atoms with Gasteiger partial charge in [-0.05, 0) is 52.8 Å². The summed E-state index contributed by atoms with van der Waals surface area (Å²) in [7, 11) is -0.895. The lowest BCUT2D eigenvalue weighted by Crippen LogP contribution is -2.41. The molecule has 1 aromatic carbocycles. The van der Waals surface area contributed by atoms with E-state index in [9.17, 15) is 13.2 Å². The molecule has 1 heterocycles. The van der Waals surface area contributed by atoms with Crippen LogP contribution in [0.25, 0.3) is 0 Å². The fourth-order valence-electron chi connectivity index (χ4n) is 2.17. The van der Waals surface area contributed by atoms with Gasteiger partial charge in [0, 0.05) is 5.46 Å². The van der Waals surface area contributed by atoms with Gasteiger partial charge in [-0.25, -0.2) is 0 Å². The Morgan fingerprint density at radius 3 is 2.09 bits per heavy atom. The van der Waals surface area contributed by atoms with Gasteiger partial charge in [0.15, 0.2) is 0 Å². The van der Waals surface area contributed by atoms with Crippen molar-refractivity contribution in [3.8, 4) is 5.75 Å². The summed E-state index contributed by atoms with van der Waals surface area (Å²) in [6, 6.07) is 3.35. The Kier molecular flexibility index (Phi) is 4.26. The summed E-state index contributed by atoms with van der Waals surface area (Å²) in [5.74, 6) is 0.342. The van der Waals surface area contributed by atoms with E-state index in [-0.39, 0.29) is 5.46 Å². The SMILES string of the molecule is CCOc1ccc(C(F)(F)F)cc1B1OC(C)(C)C(C)(C)O1. The molecule has 0 amide bonds. The van der Waals surface area contributed by atoms with Gasteiger partial charge in [0.2, 0.25) is 0 Å². The number of ether oxygens (including phenoxy) is 1. The Morgan fingerprint density at radius 1 is 1.09 bits per heavy atom. The van der Waals surface area contributed by atoms with E-state index in [1.165, 1.54) is 6.07 Å². The van der Waals surface area contributed by atoms with Crippen molar-refractivity contribution in [2.24, 2.45) is 0 Å². The molecule has 7 heteroatoms. The predicted octanol–water partition coefficient (Wildman–Crippen LogP) is 3.40. The van der Waals surface area contributed by atoms with Gasteiger partial charge in [-0.1, -0.05) is 0 Å². The molecule has 0 spiro atoms. The minimum Gasteiger partial charge on any atom is -0.494 e. The van der Waals surface area contributed by atoms with Crippen LogP contribution in [0.15, 0.2) is 18.2 Å². The van der Waals surface area contributed by atoms with E-state index in [1.807, 2.05) is 27.7 Å². The first-order valence-corrected chi connectivity index (χ1v) is 7.17. The Labute approximate surface area is 128 Å². The molecule has 0 bridgehead atoms. The molecule has 22 heavy (non-hydrogen) atoms. The van der Waals surface area contributed by atoms with Crippen molar-refractivity contribution < 1.29 is 27.2 Å². The molecule has 1 aliphatic heterocycles. The van der Waals surface area contributed by atoms with Crippen molar-refractivity contribution in [2.45, 2.75) is 52.0 Å². The molecular formula is C15H20BF3O3. The van der Waals surface area contributed by atoms with Crippen LogP contribution < -0.4 is 10.2 Å². The molecule has 2 rings (SSSR count). The van der Waals surface area contributed by atoms with E-state index in [2.05, 4.69) is 0 Å². The van der Waals surface area contributed by atoms with E-state index >= 15 is 0 Å². The Morgan fingerprint density at radius 2 is 1.64 bits per heavy atom. The summed E-state index contributed by atoms with van der Waals surface area (Å²) in [6.45, 7) is 9.51. The van der Waals surface area contributed by atoms with Crippen molar-refractivity contribution >= 4 is 12.6 Å². The average molecular weight is 316 g/mol. The summed E-state index contributed by atoms with van der Waals surface area (Å²) in [4.78, 5) is 0. The van der Waals surface area contributed by atoms with Crippen LogP contribution in [0.4, 0.5) is 13.2 Å². The third-order valence-electron chi connectivity index (χ3n) is 4.14. The van der Waals surface area contributed by atoms with Gasteiger partial charge < -0.3 is 14.0 Å². The van der Waals surface area contributed by atoms with Gasteiger partial charge in [0.1, 0.15) is 5.75 Å². The van der Waals surface area contributed by atoms with Gasteiger partial charge >= 0.3 is 13.3 Å². The topological polar surface area (TPSA) is 27.7 Å².